The van der Waals surface area contributed by atoms with Crippen LogP contribution in [0.25, 0.3) is 11.0 Å². The van der Waals surface area contributed by atoms with Crippen LogP contribution < -0.4 is 0 Å². The summed E-state index contributed by atoms with van der Waals surface area (Å²) >= 11 is 0. The van der Waals surface area contributed by atoms with Gasteiger partial charge in [0.05, 0.1) is 13.2 Å². The predicted octanol–water partition coefficient (Wildman–Crippen LogP) is 2.62. The minimum atomic E-state index is -0.0319. The van der Waals surface area contributed by atoms with Crippen LogP contribution in [0.5, 0.6) is 0 Å². The Labute approximate surface area is 134 Å². The summed E-state index contributed by atoms with van der Waals surface area (Å²) in [5, 5.41) is 9.38. The van der Waals surface area contributed by atoms with Crippen molar-refractivity contribution >= 4 is 11.0 Å². The van der Waals surface area contributed by atoms with Crippen LogP contribution in [0, 0.1) is 0 Å². The Morgan fingerprint density at radius 1 is 1.30 bits per heavy atom. The molecule has 23 heavy (non-hydrogen) atoms. The SMILES string of the molecule is CCn1cnnc1C1CN(Cc2cc3ccccc3o2)CCO1. The summed E-state index contributed by atoms with van der Waals surface area (Å²) in [5.41, 5.74) is 0.943. The molecule has 1 aliphatic heterocycles. The molecule has 3 aromatic rings. The zero-order chi connectivity index (χ0) is 15.6. The average Bonchev–Trinajstić information content (AvgIpc) is 3.20. The van der Waals surface area contributed by atoms with Crippen LogP contribution in [0.15, 0.2) is 41.1 Å². The second-order valence-corrected chi connectivity index (χ2v) is 5.82. The lowest BCUT2D eigenvalue weighted by atomic mass is 10.2. The van der Waals surface area contributed by atoms with Crippen molar-refractivity contribution in [2.45, 2.75) is 26.1 Å². The fraction of sp³-hybridized carbons (Fsp3) is 0.412. The highest BCUT2D eigenvalue weighted by Gasteiger charge is 2.26. The number of para-hydroxylation sites is 1. The minimum absolute atomic E-state index is 0.0319. The maximum absolute atomic E-state index is 5.93. The molecule has 6 nitrogen and oxygen atoms in total. The van der Waals surface area contributed by atoms with Gasteiger partial charge in [0.1, 0.15) is 23.8 Å². The van der Waals surface area contributed by atoms with Crippen LogP contribution >= 0.6 is 0 Å². The van der Waals surface area contributed by atoms with Gasteiger partial charge in [0.15, 0.2) is 5.82 Å². The predicted molar refractivity (Wildman–Crippen MR) is 85.9 cm³/mol. The number of fused-ring (bicyclic) bond motifs is 1. The lowest BCUT2D eigenvalue weighted by Gasteiger charge is -2.31. The Kier molecular flexibility index (Phi) is 3.85. The van der Waals surface area contributed by atoms with Gasteiger partial charge in [-0.2, -0.15) is 0 Å². The zero-order valence-electron chi connectivity index (χ0n) is 13.2. The second kappa shape index (κ2) is 6.14. The van der Waals surface area contributed by atoms with E-state index in [1.807, 2.05) is 22.8 Å². The first-order valence-corrected chi connectivity index (χ1v) is 8.02. The summed E-state index contributed by atoms with van der Waals surface area (Å²) in [6, 6.07) is 10.2. The van der Waals surface area contributed by atoms with E-state index >= 15 is 0 Å². The number of morpholine rings is 1. The largest absolute Gasteiger partial charge is 0.460 e. The number of benzene rings is 1. The van der Waals surface area contributed by atoms with E-state index in [-0.39, 0.29) is 6.10 Å². The topological polar surface area (TPSA) is 56.3 Å². The van der Waals surface area contributed by atoms with Gasteiger partial charge in [-0.15, -0.1) is 10.2 Å². The van der Waals surface area contributed by atoms with Crippen LogP contribution in [0.3, 0.4) is 0 Å². The smallest absolute Gasteiger partial charge is 0.163 e. The van der Waals surface area contributed by atoms with E-state index in [4.69, 9.17) is 9.15 Å². The van der Waals surface area contributed by atoms with Gasteiger partial charge in [0, 0.05) is 25.0 Å². The first-order valence-electron chi connectivity index (χ1n) is 8.02. The Morgan fingerprint density at radius 3 is 3.09 bits per heavy atom. The maximum Gasteiger partial charge on any atom is 0.163 e. The zero-order valence-corrected chi connectivity index (χ0v) is 13.2. The molecule has 0 radical (unpaired) electrons. The fourth-order valence-electron chi connectivity index (χ4n) is 3.09. The van der Waals surface area contributed by atoms with E-state index in [2.05, 4.69) is 34.2 Å². The van der Waals surface area contributed by atoms with Gasteiger partial charge in [0.2, 0.25) is 0 Å². The van der Waals surface area contributed by atoms with Gasteiger partial charge in [-0.25, -0.2) is 0 Å². The van der Waals surface area contributed by atoms with E-state index in [1.165, 1.54) is 0 Å². The van der Waals surface area contributed by atoms with Gasteiger partial charge < -0.3 is 13.7 Å². The first-order chi connectivity index (χ1) is 11.3. The molecule has 120 valence electrons. The molecule has 0 saturated carbocycles. The molecule has 4 rings (SSSR count). The number of nitrogens with zero attached hydrogens (tertiary/aromatic N) is 4. The summed E-state index contributed by atoms with van der Waals surface area (Å²) in [6.07, 6.45) is 1.73. The van der Waals surface area contributed by atoms with Crippen molar-refractivity contribution in [1.29, 1.82) is 0 Å². The van der Waals surface area contributed by atoms with Crippen LogP contribution in [-0.2, 0) is 17.8 Å². The molecule has 1 saturated heterocycles. The number of hydrogen-bond acceptors (Lipinski definition) is 5. The molecule has 6 heteroatoms. The molecule has 1 fully saturated rings. The lowest BCUT2D eigenvalue weighted by molar-refractivity contribution is -0.0404. The molecule has 1 unspecified atom stereocenters. The Bertz CT molecular complexity index is 762. The van der Waals surface area contributed by atoms with E-state index in [0.717, 1.165) is 48.7 Å². The lowest BCUT2D eigenvalue weighted by Crippen LogP contribution is -2.38. The van der Waals surface area contributed by atoms with Crippen molar-refractivity contribution in [3.63, 3.8) is 0 Å². The maximum atomic E-state index is 5.93. The summed E-state index contributed by atoms with van der Waals surface area (Å²) in [7, 11) is 0. The summed E-state index contributed by atoms with van der Waals surface area (Å²) in [5.74, 6) is 1.89. The minimum Gasteiger partial charge on any atom is -0.460 e. The Morgan fingerprint density at radius 2 is 2.22 bits per heavy atom. The fourth-order valence-corrected chi connectivity index (χ4v) is 3.09. The standard InChI is InChI=1S/C17H20N4O2/c1-2-21-12-18-19-17(21)16-11-20(7-8-22-16)10-14-9-13-5-3-4-6-15(13)23-14/h3-6,9,12,16H,2,7-8,10-11H2,1H3. The first kappa shape index (κ1) is 14.4. The second-order valence-electron chi connectivity index (χ2n) is 5.82. The van der Waals surface area contributed by atoms with Gasteiger partial charge in [-0.3, -0.25) is 4.90 Å². The van der Waals surface area contributed by atoms with Gasteiger partial charge in [-0.05, 0) is 19.1 Å². The summed E-state index contributed by atoms with van der Waals surface area (Å²) in [4.78, 5) is 2.35. The number of rotatable bonds is 4. The molecule has 3 heterocycles. The molecule has 0 bridgehead atoms. The number of hydrogen-bond donors (Lipinski definition) is 0. The van der Waals surface area contributed by atoms with Crippen molar-refractivity contribution in [1.82, 2.24) is 19.7 Å². The number of aromatic nitrogens is 3. The van der Waals surface area contributed by atoms with E-state index in [1.54, 1.807) is 6.33 Å². The molecule has 1 aromatic carbocycles. The highest BCUT2D eigenvalue weighted by molar-refractivity contribution is 5.77. The molecule has 0 amide bonds. The van der Waals surface area contributed by atoms with Crippen molar-refractivity contribution in [3.05, 3.63) is 48.2 Å². The van der Waals surface area contributed by atoms with Crippen molar-refractivity contribution in [3.8, 4) is 0 Å². The van der Waals surface area contributed by atoms with Crippen molar-refractivity contribution in [2.75, 3.05) is 19.7 Å². The monoisotopic (exact) mass is 312 g/mol. The van der Waals surface area contributed by atoms with Crippen LogP contribution in [0.4, 0.5) is 0 Å². The van der Waals surface area contributed by atoms with Crippen molar-refractivity contribution < 1.29 is 9.15 Å². The number of furan rings is 1. The van der Waals surface area contributed by atoms with Crippen LogP contribution in [-0.4, -0.2) is 39.4 Å². The molecule has 1 aliphatic rings. The highest BCUT2D eigenvalue weighted by atomic mass is 16.5. The third kappa shape index (κ3) is 2.87. The summed E-state index contributed by atoms with van der Waals surface area (Å²) in [6.45, 7) is 6.12. The van der Waals surface area contributed by atoms with Crippen molar-refractivity contribution in [2.24, 2.45) is 0 Å². The third-order valence-corrected chi connectivity index (χ3v) is 4.28. The molecule has 0 aliphatic carbocycles. The Balaban J connectivity index is 1.49. The average molecular weight is 312 g/mol. The summed E-state index contributed by atoms with van der Waals surface area (Å²) < 4.78 is 13.9. The van der Waals surface area contributed by atoms with Gasteiger partial charge in [-0.1, -0.05) is 18.2 Å². The quantitative estimate of drug-likeness (QED) is 0.741. The van der Waals surface area contributed by atoms with Crippen LogP contribution in [0.1, 0.15) is 24.6 Å². The van der Waals surface area contributed by atoms with Gasteiger partial charge >= 0.3 is 0 Å². The van der Waals surface area contributed by atoms with E-state index < -0.39 is 0 Å². The molecule has 0 N–H and O–H groups in total. The van der Waals surface area contributed by atoms with Gasteiger partial charge in [0.25, 0.3) is 0 Å². The molecular formula is C17H20N4O2. The number of aryl methyl sites for hydroxylation is 1. The normalized spacial score (nSPS) is 19.4. The molecule has 2 aromatic heterocycles. The van der Waals surface area contributed by atoms with Crippen LogP contribution in [0.2, 0.25) is 0 Å². The molecular weight excluding hydrogens is 292 g/mol. The highest BCUT2D eigenvalue weighted by Crippen LogP contribution is 2.24. The van der Waals surface area contributed by atoms with E-state index in [0.29, 0.717) is 6.61 Å². The third-order valence-electron chi connectivity index (χ3n) is 4.28. The molecule has 1 atom stereocenters. The Hall–Kier alpha value is -2.18. The van der Waals surface area contributed by atoms with E-state index in [9.17, 15) is 0 Å². The molecule has 0 spiro atoms. The number of ether oxygens (including phenoxy) is 1.